The Bertz CT molecular complexity index is 658. The molecule has 0 radical (unpaired) electrons. The number of benzene rings is 2. The van der Waals surface area contributed by atoms with Crippen LogP contribution in [0.25, 0.3) is 0 Å². The van der Waals surface area contributed by atoms with Gasteiger partial charge in [0, 0.05) is 21.2 Å². The number of halogens is 2. The lowest BCUT2D eigenvalue weighted by atomic mass is 10.1. The van der Waals surface area contributed by atoms with Gasteiger partial charge >= 0.3 is 11.9 Å². The van der Waals surface area contributed by atoms with Gasteiger partial charge in [0.25, 0.3) is 0 Å². The highest BCUT2D eigenvalue weighted by molar-refractivity contribution is 6.31. The number of carbonyl (C=O) groups is 2. The summed E-state index contributed by atoms with van der Waals surface area (Å²) in [7, 11) is 0. The molecular formula is C16H14Cl2O6. The smallest absolute Gasteiger partial charge is 0.337 e. The molecule has 128 valence electrons. The molecule has 0 unspecified atom stereocenters. The van der Waals surface area contributed by atoms with Crippen LogP contribution in [0.1, 0.15) is 23.3 Å². The van der Waals surface area contributed by atoms with Crippen molar-refractivity contribution in [2.75, 3.05) is 0 Å². The monoisotopic (exact) mass is 372 g/mol. The van der Waals surface area contributed by atoms with Crippen LogP contribution in [-0.2, 0) is 9.59 Å². The van der Waals surface area contributed by atoms with Crippen molar-refractivity contribution in [3.63, 3.8) is 0 Å². The van der Waals surface area contributed by atoms with E-state index >= 15 is 0 Å². The lowest BCUT2D eigenvalue weighted by Gasteiger charge is -2.06. The Morgan fingerprint density at radius 3 is 1.25 bits per heavy atom. The molecule has 2 aromatic rings. The van der Waals surface area contributed by atoms with Crippen LogP contribution in [0.15, 0.2) is 48.5 Å². The van der Waals surface area contributed by atoms with Crippen molar-refractivity contribution in [3.8, 4) is 0 Å². The van der Waals surface area contributed by atoms with Gasteiger partial charge in [-0.15, -0.1) is 0 Å². The second kappa shape index (κ2) is 9.24. The van der Waals surface area contributed by atoms with Gasteiger partial charge in [0.2, 0.25) is 0 Å². The van der Waals surface area contributed by atoms with Crippen molar-refractivity contribution < 1.29 is 30.0 Å². The fraction of sp³-hybridized carbons (Fsp3) is 0.125. The Labute approximate surface area is 147 Å². The van der Waals surface area contributed by atoms with E-state index in [1.807, 2.05) is 0 Å². The number of carboxylic acids is 2. The van der Waals surface area contributed by atoms with E-state index in [4.69, 9.17) is 43.6 Å². The molecule has 0 spiro atoms. The summed E-state index contributed by atoms with van der Waals surface area (Å²) in [5, 5.41) is 35.6. The number of hydrogen-bond acceptors (Lipinski definition) is 4. The first-order valence-electron chi connectivity index (χ1n) is 6.56. The Hall–Kier alpha value is -2.12. The van der Waals surface area contributed by atoms with E-state index in [9.17, 15) is 9.59 Å². The summed E-state index contributed by atoms with van der Waals surface area (Å²) >= 11 is 11.3. The molecule has 0 aliphatic heterocycles. The number of aliphatic hydroxyl groups excluding tert-OH is 2. The van der Waals surface area contributed by atoms with Gasteiger partial charge < -0.3 is 20.4 Å². The molecule has 0 aliphatic carbocycles. The van der Waals surface area contributed by atoms with Crippen molar-refractivity contribution >= 4 is 35.1 Å². The van der Waals surface area contributed by atoms with Crippen molar-refractivity contribution in [2.24, 2.45) is 0 Å². The van der Waals surface area contributed by atoms with E-state index in [1.54, 1.807) is 24.3 Å². The summed E-state index contributed by atoms with van der Waals surface area (Å²) in [6.07, 6.45) is -3.09. The zero-order valence-electron chi connectivity index (χ0n) is 12.1. The number of aliphatic hydroxyl groups is 2. The average Bonchev–Trinajstić information content (AvgIpc) is 2.55. The van der Waals surface area contributed by atoms with E-state index in [0.717, 1.165) is 0 Å². The first-order chi connectivity index (χ1) is 11.3. The second-order valence-electron chi connectivity index (χ2n) is 4.52. The van der Waals surface area contributed by atoms with Crippen LogP contribution in [0.2, 0.25) is 10.0 Å². The number of aliphatic carboxylic acids is 2. The molecule has 8 heteroatoms. The maximum Gasteiger partial charge on any atom is 0.337 e. The Kier molecular flexibility index (Phi) is 7.67. The minimum absolute atomic E-state index is 0.215. The predicted molar refractivity (Wildman–Crippen MR) is 88.1 cm³/mol. The minimum atomic E-state index is -1.54. The average molecular weight is 373 g/mol. The first-order valence-corrected chi connectivity index (χ1v) is 7.32. The largest absolute Gasteiger partial charge is 0.479 e. The lowest BCUT2D eigenvalue weighted by molar-refractivity contribution is -0.147. The van der Waals surface area contributed by atoms with Crippen LogP contribution in [0, 0.1) is 0 Å². The summed E-state index contributed by atoms with van der Waals surface area (Å²) in [6.45, 7) is 0. The Morgan fingerprint density at radius 2 is 1.00 bits per heavy atom. The number of rotatable bonds is 4. The van der Waals surface area contributed by atoms with Gasteiger partial charge in [-0.1, -0.05) is 59.6 Å². The van der Waals surface area contributed by atoms with Gasteiger partial charge in [-0.2, -0.15) is 0 Å². The van der Waals surface area contributed by atoms with Crippen LogP contribution in [0.5, 0.6) is 0 Å². The molecule has 0 amide bonds. The topological polar surface area (TPSA) is 115 Å². The van der Waals surface area contributed by atoms with Crippen molar-refractivity contribution in [3.05, 3.63) is 69.7 Å². The van der Waals surface area contributed by atoms with Crippen molar-refractivity contribution in [1.82, 2.24) is 0 Å². The zero-order valence-corrected chi connectivity index (χ0v) is 13.6. The molecule has 0 saturated heterocycles. The van der Waals surface area contributed by atoms with Crippen LogP contribution in [0.4, 0.5) is 0 Å². The quantitative estimate of drug-likeness (QED) is 0.655. The van der Waals surface area contributed by atoms with Crippen LogP contribution < -0.4 is 0 Å². The highest BCUT2D eigenvalue weighted by Crippen LogP contribution is 2.23. The number of hydrogen-bond donors (Lipinski definition) is 4. The van der Waals surface area contributed by atoms with Gasteiger partial charge in [-0.3, -0.25) is 0 Å². The van der Waals surface area contributed by atoms with E-state index in [1.165, 1.54) is 24.3 Å². The predicted octanol–water partition coefficient (Wildman–Crippen LogP) is 2.92. The summed E-state index contributed by atoms with van der Waals surface area (Å²) in [4.78, 5) is 20.7. The summed E-state index contributed by atoms with van der Waals surface area (Å²) in [5.74, 6) is -2.61. The molecule has 4 N–H and O–H groups in total. The molecule has 24 heavy (non-hydrogen) atoms. The Morgan fingerprint density at radius 1 is 0.708 bits per heavy atom. The molecule has 2 aromatic carbocycles. The van der Waals surface area contributed by atoms with E-state index in [2.05, 4.69) is 0 Å². The third-order valence-electron chi connectivity index (χ3n) is 2.87. The molecule has 0 heterocycles. The standard InChI is InChI=1S/2C8H7ClO3/c2*9-6-4-2-1-3-5(6)7(10)8(11)12/h2*1-4,7,10H,(H,11,12)/t2*7-/m11/s1. The molecule has 0 aromatic heterocycles. The summed E-state index contributed by atoms with van der Waals surface area (Å²) < 4.78 is 0. The Balaban J connectivity index is 0.000000240. The van der Waals surface area contributed by atoms with E-state index < -0.39 is 24.1 Å². The SMILES string of the molecule is O=C(O)[C@H](O)c1ccccc1Cl.O=C(O)[C@H](O)c1ccccc1Cl. The molecule has 2 rings (SSSR count). The second-order valence-corrected chi connectivity index (χ2v) is 5.34. The van der Waals surface area contributed by atoms with Gasteiger partial charge in [0.15, 0.2) is 12.2 Å². The third-order valence-corrected chi connectivity index (χ3v) is 3.56. The van der Waals surface area contributed by atoms with Gasteiger partial charge in [0.1, 0.15) is 0 Å². The van der Waals surface area contributed by atoms with Gasteiger partial charge in [0.05, 0.1) is 0 Å². The fourth-order valence-electron chi connectivity index (χ4n) is 1.66. The minimum Gasteiger partial charge on any atom is -0.479 e. The molecule has 6 nitrogen and oxygen atoms in total. The van der Waals surface area contributed by atoms with Gasteiger partial charge in [-0.25, -0.2) is 9.59 Å². The van der Waals surface area contributed by atoms with Crippen LogP contribution in [0.3, 0.4) is 0 Å². The molecule has 0 saturated carbocycles. The van der Waals surface area contributed by atoms with Gasteiger partial charge in [-0.05, 0) is 12.1 Å². The van der Waals surface area contributed by atoms with Crippen molar-refractivity contribution in [1.29, 1.82) is 0 Å². The van der Waals surface area contributed by atoms with Crippen LogP contribution in [-0.4, -0.2) is 32.4 Å². The maximum absolute atomic E-state index is 10.3. The maximum atomic E-state index is 10.3. The van der Waals surface area contributed by atoms with E-state index in [-0.39, 0.29) is 21.2 Å². The number of carboxylic acid groups (broad SMARTS) is 2. The highest BCUT2D eigenvalue weighted by Gasteiger charge is 2.18. The molecular weight excluding hydrogens is 359 g/mol. The highest BCUT2D eigenvalue weighted by atomic mass is 35.5. The molecule has 0 bridgehead atoms. The first kappa shape index (κ1) is 19.9. The fourth-order valence-corrected chi connectivity index (χ4v) is 2.14. The van der Waals surface area contributed by atoms with Crippen molar-refractivity contribution in [2.45, 2.75) is 12.2 Å². The third kappa shape index (κ3) is 5.50. The summed E-state index contributed by atoms with van der Waals surface area (Å²) in [5.41, 5.74) is 0.429. The zero-order chi connectivity index (χ0) is 18.3. The summed E-state index contributed by atoms with van der Waals surface area (Å²) in [6, 6.07) is 12.6. The van der Waals surface area contributed by atoms with E-state index in [0.29, 0.717) is 0 Å². The molecule has 0 aliphatic rings. The molecule has 2 atom stereocenters. The lowest BCUT2D eigenvalue weighted by Crippen LogP contribution is -2.10. The molecule has 0 fully saturated rings. The normalized spacial score (nSPS) is 12.5. The van der Waals surface area contributed by atoms with Crippen LogP contribution >= 0.6 is 23.2 Å².